The maximum Gasteiger partial charge on any atom is 0.306 e. The molecule has 58 valence electrons. The predicted octanol–water partition coefficient (Wildman–Crippen LogP) is 0.572. The molecule has 0 saturated heterocycles. The highest BCUT2D eigenvalue weighted by atomic mass is 16.4. The summed E-state index contributed by atoms with van der Waals surface area (Å²) in [6.07, 6.45) is 0.123. The molecule has 0 saturated carbocycles. The third-order valence-electron chi connectivity index (χ3n) is 1.21. The van der Waals surface area contributed by atoms with Crippen LogP contribution in [0.1, 0.15) is 19.8 Å². The van der Waals surface area contributed by atoms with E-state index in [1.807, 2.05) is 0 Å². The maximum absolute atomic E-state index is 10.1. The number of carboxylic acid groups (broad SMARTS) is 2. The van der Waals surface area contributed by atoms with Gasteiger partial charge in [0, 0.05) is 6.42 Å². The highest BCUT2D eigenvalue weighted by Gasteiger charge is 2.11. The summed E-state index contributed by atoms with van der Waals surface area (Å²) in [5, 5.41) is 16.5. The molecule has 0 fully saturated rings. The lowest BCUT2D eigenvalue weighted by molar-refractivity contribution is -0.142. The van der Waals surface area contributed by atoms with Crippen LogP contribution in [0.25, 0.3) is 0 Å². The third kappa shape index (κ3) is 3.88. The zero-order chi connectivity index (χ0) is 8.15. The van der Waals surface area contributed by atoms with Gasteiger partial charge in [0.1, 0.15) is 0 Å². The summed E-state index contributed by atoms with van der Waals surface area (Å²) in [6.45, 7) is 1.49. The van der Waals surface area contributed by atoms with Gasteiger partial charge in [-0.25, -0.2) is 0 Å². The van der Waals surface area contributed by atoms with Crippen LogP contribution in [0.15, 0.2) is 0 Å². The predicted molar refractivity (Wildman–Crippen MR) is 33.7 cm³/mol. The summed E-state index contributed by atoms with van der Waals surface area (Å²) in [7, 11) is 0. The second-order valence-electron chi connectivity index (χ2n) is 2.17. The van der Waals surface area contributed by atoms with Crippen LogP contribution >= 0.6 is 0 Å². The van der Waals surface area contributed by atoms with Gasteiger partial charge in [-0.15, -0.1) is 0 Å². The van der Waals surface area contributed by atoms with Crippen molar-refractivity contribution in [3.63, 3.8) is 0 Å². The quantitative estimate of drug-likeness (QED) is 0.608. The Hall–Kier alpha value is -1.06. The Morgan fingerprint density at radius 2 is 1.90 bits per heavy atom. The minimum Gasteiger partial charge on any atom is -0.481 e. The van der Waals surface area contributed by atoms with Crippen LogP contribution in [0, 0.1) is 5.92 Å². The van der Waals surface area contributed by atoms with Crippen molar-refractivity contribution < 1.29 is 19.8 Å². The Labute approximate surface area is 58.5 Å². The van der Waals surface area contributed by atoms with E-state index in [1.54, 1.807) is 0 Å². The molecule has 0 aromatic rings. The van der Waals surface area contributed by atoms with E-state index in [2.05, 4.69) is 0 Å². The Morgan fingerprint density at radius 3 is 2.20 bits per heavy atom. The molecular formula is C6H10O4. The molecule has 0 unspecified atom stereocenters. The van der Waals surface area contributed by atoms with Gasteiger partial charge in [-0.2, -0.15) is 0 Å². The van der Waals surface area contributed by atoms with E-state index in [1.165, 1.54) is 6.92 Å². The molecule has 1 atom stereocenters. The number of hydrogen-bond acceptors (Lipinski definition) is 2. The number of carboxylic acids is 2. The summed E-state index contributed by atoms with van der Waals surface area (Å²) in [5.41, 5.74) is 0. The van der Waals surface area contributed by atoms with Crippen molar-refractivity contribution in [3.8, 4) is 0 Å². The lowest BCUT2D eigenvalue weighted by atomic mass is 10.1. The van der Waals surface area contributed by atoms with Crippen LogP contribution in [0.4, 0.5) is 0 Å². The molecule has 0 spiro atoms. The van der Waals surface area contributed by atoms with Crippen molar-refractivity contribution in [1.29, 1.82) is 0 Å². The van der Waals surface area contributed by atoms with Crippen LogP contribution in [-0.2, 0) is 9.59 Å². The van der Waals surface area contributed by atoms with Crippen molar-refractivity contribution in [3.05, 3.63) is 0 Å². The molecular weight excluding hydrogens is 136 g/mol. The van der Waals surface area contributed by atoms with Crippen LogP contribution in [0.2, 0.25) is 0 Å². The standard InChI is InChI=1S/C6H10O4/c1-4(6(9)10)2-3-5(7)8/h4H,2-3H2,1H3,(H,7,8)(H,9,10)/t4-/m1/s1. The average molecular weight is 146 g/mol. The Bertz CT molecular complexity index is 141. The normalized spacial score (nSPS) is 12.5. The van der Waals surface area contributed by atoms with Gasteiger partial charge in [0.2, 0.25) is 0 Å². The van der Waals surface area contributed by atoms with E-state index in [0.29, 0.717) is 0 Å². The minimum absolute atomic E-state index is 0.0759. The third-order valence-corrected chi connectivity index (χ3v) is 1.21. The Balaban J connectivity index is 3.49. The molecule has 0 bridgehead atoms. The van der Waals surface area contributed by atoms with Crippen LogP contribution < -0.4 is 0 Å². The van der Waals surface area contributed by atoms with Gasteiger partial charge in [0.15, 0.2) is 0 Å². The summed E-state index contributed by atoms with van der Waals surface area (Å²) < 4.78 is 0. The first-order valence-corrected chi connectivity index (χ1v) is 2.98. The van der Waals surface area contributed by atoms with Gasteiger partial charge < -0.3 is 10.2 Å². The first-order chi connectivity index (χ1) is 4.54. The lowest BCUT2D eigenvalue weighted by Gasteiger charge is -2.01. The van der Waals surface area contributed by atoms with E-state index in [0.717, 1.165) is 0 Å². The molecule has 0 amide bonds. The summed E-state index contributed by atoms with van der Waals surface area (Å²) in [5.74, 6) is -2.45. The van der Waals surface area contributed by atoms with Crippen molar-refractivity contribution in [2.75, 3.05) is 0 Å². The number of carbonyl (C=O) groups is 2. The molecule has 0 radical (unpaired) electrons. The van der Waals surface area contributed by atoms with Gasteiger partial charge in [-0.3, -0.25) is 9.59 Å². The van der Waals surface area contributed by atoms with E-state index in [9.17, 15) is 9.59 Å². The molecule has 4 heteroatoms. The van der Waals surface area contributed by atoms with E-state index < -0.39 is 17.9 Å². The first kappa shape index (κ1) is 8.94. The van der Waals surface area contributed by atoms with Crippen molar-refractivity contribution in [2.45, 2.75) is 19.8 Å². The monoisotopic (exact) mass is 146 g/mol. The fourth-order valence-corrected chi connectivity index (χ4v) is 0.463. The zero-order valence-electron chi connectivity index (χ0n) is 5.70. The average Bonchev–Trinajstić information content (AvgIpc) is 1.82. The Morgan fingerprint density at radius 1 is 1.40 bits per heavy atom. The maximum atomic E-state index is 10.1. The van der Waals surface area contributed by atoms with E-state index in [4.69, 9.17) is 10.2 Å². The topological polar surface area (TPSA) is 74.6 Å². The molecule has 2 N–H and O–H groups in total. The molecule has 0 aliphatic heterocycles. The van der Waals surface area contributed by atoms with Gasteiger partial charge in [0.05, 0.1) is 5.92 Å². The van der Waals surface area contributed by atoms with Gasteiger partial charge in [-0.05, 0) is 6.42 Å². The molecule has 0 aromatic carbocycles. The smallest absolute Gasteiger partial charge is 0.306 e. The van der Waals surface area contributed by atoms with Crippen LogP contribution in [0.3, 0.4) is 0 Å². The van der Waals surface area contributed by atoms with Gasteiger partial charge in [0.25, 0.3) is 0 Å². The summed E-state index contributed by atoms with van der Waals surface area (Å²) >= 11 is 0. The number of aliphatic carboxylic acids is 2. The molecule has 4 nitrogen and oxygen atoms in total. The number of rotatable bonds is 4. The highest BCUT2D eigenvalue weighted by molar-refractivity contribution is 5.71. The molecule has 0 aliphatic carbocycles. The van der Waals surface area contributed by atoms with Crippen molar-refractivity contribution in [2.24, 2.45) is 5.92 Å². The van der Waals surface area contributed by atoms with Crippen molar-refractivity contribution in [1.82, 2.24) is 0 Å². The molecule has 10 heavy (non-hydrogen) atoms. The van der Waals surface area contributed by atoms with E-state index in [-0.39, 0.29) is 12.8 Å². The lowest BCUT2D eigenvalue weighted by Crippen LogP contribution is -2.11. The molecule has 0 aliphatic rings. The summed E-state index contributed by atoms with van der Waals surface area (Å²) in [6, 6.07) is 0. The SMILES string of the molecule is C[C@H](CCC(=O)O)C(=O)O. The van der Waals surface area contributed by atoms with Crippen LogP contribution in [0.5, 0.6) is 0 Å². The van der Waals surface area contributed by atoms with Gasteiger partial charge >= 0.3 is 11.9 Å². The molecule has 0 rings (SSSR count). The second-order valence-corrected chi connectivity index (χ2v) is 2.17. The van der Waals surface area contributed by atoms with Crippen LogP contribution in [-0.4, -0.2) is 22.2 Å². The first-order valence-electron chi connectivity index (χ1n) is 2.98. The largest absolute Gasteiger partial charge is 0.481 e. The molecule has 0 aromatic heterocycles. The second kappa shape index (κ2) is 3.87. The fourth-order valence-electron chi connectivity index (χ4n) is 0.463. The Kier molecular flexibility index (Phi) is 3.46. The number of hydrogen-bond donors (Lipinski definition) is 2. The zero-order valence-corrected chi connectivity index (χ0v) is 5.70. The van der Waals surface area contributed by atoms with Gasteiger partial charge in [-0.1, -0.05) is 6.92 Å². The minimum atomic E-state index is -0.951. The fraction of sp³-hybridized carbons (Fsp3) is 0.667. The van der Waals surface area contributed by atoms with Crippen molar-refractivity contribution >= 4 is 11.9 Å². The molecule has 0 heterocycles. The van der Waals surface area contributed by atoms with E-state index >= 15 is 0 Å². The highest BCUT2D eigenvalue weighted by Crippen LogP contribution is 2.04. The summed E-state index contributed by atoms with van der Waals surface area (Å²) in [4.78, 5) is 20.1.